The Bertz CT molecular complexity index is 965. The molecule has 4 nitrogen and oxygen atoms in total. The fourth-order valence-corrected chi connectivity index (χ4v) is 5.50. The summed E-state index contributed by atoms with van der Waals surface area (Å²) in [6.07, 6.45) is 4.94. The van der Waals surface area contributed by atoms with Gasteiger partial charge in [0.15, 0.2) is 0 Å². The average Bonchev–Trinajstić information content (AvgIpc) is 2.97. The van der Waals surface area contributed by atoms with E-state index in [1.54, 1.807) is 18.2 Å². The summed E-state index contributed by atoms with van der Waals surface area (Å²) in [4.78, 5) is 28.5. The molecule has 2 amide bonds. The molecular weight excluding hydrogens is 372 g/mol. The smallest absolute Gasteiger partial charge is 0.270 e. The van der Waals surface area contributed by atoms with Gasteiger partial charge in [-0.3, -0.25) is 9.59 Å². The first-order valence-electron chi connectivity index (χ1n) is 10.7. The molecule has 1 aliphatic heterocycles. The largest absolute Gasteiger partial charge is 0.334 e. The Balaban J connectivity index is 1.63. The third-order valence-corrected chi connectivity index (χ3v) is 6.30. The summed E-state index contributed by atoms with van der Waals surface area (Å²) in [5, 5.41) is 2.90. The maximum absolute atomic E-state index is 13.7. The lowest BCUT2D eigenvalue weighted by atomic mass is 9.65. The normalized spacial score (nSPS) is 25.1. The van der Waals surface area contributed by atoms with E-state index in [-0.39, 0.29) is 28.7 Å². The Morgan fingerprint density at radius 3 is 2.27 bits per heavy atom. The van der Waals surface area contributed by atoms with Crippen LogP contribution in [0.5, 0.6) is 0 Å². The number of rotatable bonds is 4. The first-order valence-corrected chi connectivity index (χ1v) is 10.7. The summed E-state index contributed by atoms with van der Waals surface area (Å²) in [7, 11) is 0. The van der Waals surface area contributed by atoms with Crippen LogP contribution < -0.4 is 5.32 Å². The SMILES string of the molecule is CC1(C)C[C@@H]2C[C@](C)(CN2C(=O)/C(=C\c2ccccc2)NC(=O)c2ccccc2)C1. The number of nitrogens with one attached hydrogen (secondary N) is 1. The zero-order valence-corrected chi connectivity index (χ0v) is 18.0. The minimum absolute atomic E-state index is 0.0884. The second-order valence-electron chi connectivity index (χ2n) is 9.94. The van der Waals surface area contributed by atoms with Crippen molar-refractivity contribution in [3.05, 3.63) is 77.5 Å². The van der Waals surface area contributed by atoms with Gasteiger partial charge in [0.25, 0.3) is 11.8 Å². The summed E-state index contributed by atoms with van der Waals surface area (Å²) in [6.45, 7) is 7.62. The van der Waals surface area contributed by atoms with Crippen molar-refractivity contribution in [2.75, 3.05) is 6.54 Å². The second-order valence-corrected chi connectivity index (χ2v) is 9.94. The van der Waals surface area contributed by atoms with Crippen molar-refractivity contribution >= 4 is 17.9 Å². The van der Waals surface area contributed by atoms with Gasteiger partial charge in [0.05, 0.1) is 0 Å². The molecule has 2 aliphatic rings. The van der Waals surface area contributed by atoms with Crippen LogP contribution in [0.1, 0.15) is 56.0 Å². The zero-order chi connectivity index (χ0) is 21.4. The highest BCUT2D eigenvalue weighted by molar-refractivity contribution is 6.05. The molecule has 2 atom stereocenters. The van der Waals surface area contributed by atoms with Crippen molar-refractivity contribution in [1.82, 2.24) is 10.2 Å². The van der Waals surface area contributed by atoms with Gasteiger partial charge in [-0.25, -0.2) is 0 Å². The van der Waals surface area contributed by atoms with Crippen LogP contribution in [-0.2, 0) is 4.79 Å². The average molecular weight is 403 g/mol. The molecule has 0 unspecified atom stereocenters. The molecule has 1 saturated heterocycles. The molecule has 1 heterocycles. The highest BCUT2D eigenvalue weighted by Gasteiger charge is 2.51. The number of benzene rings is 2. The van der Waals surface area contributed by atoms with E-state index in [9.17, 15) is 9.59 Å². The Labute approximate surface area is 179 Å². The molecule has 156 valence electrons. The molecule has 4 heteroatoms. The lowest BCUT2D eigenvalue weighted by molar-refractivity contribution is -0.128. The van der Waals surface area contributed by atoms with E-state index < -0.39 is 0 Å². The molecule has 0 aromatic heterocycles. The van der Waals surface area contributed by atoms with Gasteiger partial charge < -0.3 is 10.2 Å². The van der Waals surface area contributed by atoms with Crippen LogP contribution in [0.25, 0.3) is 6.08 Å². The van der Waals surface area contributed by atoms with Gasteiger partial charge in [0.1, 0.15) is 5.70 Å². The first kappa shape index (κ1) is 20.4. The Kier molecular flexibility index (Phi) is 5.27. The maximum atomic E-state index is 13.7. The van der Waals surface area contributed by atoms with Crippen LogP contribution in [-0.4, -0.2) is 29.3 Å². The highest BCUT2D eigenvalue weighted by Crippen LogP contribution is 2.52. The van der Waals surface area contributed by atoms with E-state index in [1.165, 1.54) is 0 Å². The third-order valence-electron chi connectivity index (χ3n) is 6.30. The second kappa shape index (κ2) is 7.75. The van der Waals surface area contributed by atoms with Crippen molar-refractivity contribution in [3.63, 3.8) is 0 Å². The van der Waals surface area contributed by atoms with E-state index in [2.05, 4.69) is 26.1 Å². The van der Waals surface area contributed by atoms with Crippen LogP contribution in [0.4, 0.5) is 0 Å². The van der Waals surface area contributed by atoms with Gasteiger partial charge in [0.2, 0.25) is 0 Å². The van der Waals surface area contributed by atoms with E-state index in [0.717, 1.165) is 31.4 Å². The van der Waals surface area contributed by atoms with Gasteiger partial charge in [-0.15, -0.1) is 0 Å². The number of carbonyl (C=O) groups excluding carboxylic acids is 2. The minimum atomic E-state index is -0.264. The fourth-order valence-electron chi connectivity index (χ4n) is 5.50. The molecule has 2 aromatic rings. The molecule has 1 saturated carbocycles. The van der Waals surface area contributed by atoms with Crippen LogP contribution >= 0.6 is 0 Å². The summed E-state index contributed by atoms with van der Waals surface area (Å²) in [5.41, 5.74) is 2.14. The van der Waals surface area contributed by atoms with Crippen molar-refractivity contribution < 1.29 is 9.59 Å². The first-order chi connectivity index (χ1) is 14.2. The lowest BCUT2D eigenvalue weighted by Gasteiger charge is -2.39. The zero-order valence-electron chi connectivity index (χ0n) is 18.0. The lowest BCUT2D eigenvalue weighted by Crippen LogP contribution is -2.42. The van der Waals surface area contributed by atoms with Crippen molar-refractivity contribution in [2.45, 2.75) is 46.1 Å². The molecule has 2 fully saturated rings. The molecule has 0 spiro atoms. The summed E-state index contributed by atoms with van der Waals surface area (Å²) < 4.78 is 0. The maximum Gasteiger partial charge on any atom is 0.270 e. The molecule has 1 aliphatic carbocycles. The summed E-state index contributed by atoms with van der Waals surface area (Å²) in [5.74, 6) is -0.352. The van der Waals surface area contributed by atoms with Gasteiger partial charge >= 0.3 is 0 Å². The van der Waals surface area contributed by atoms with Crippen LogP contribution in [0.2, 0.25) is 0 Å². The van der Waals surface area contributed by atoms with E-state index in [4.69, 9.17) is 0 Å². The van der Waals surface area contributed by atoms with Gasteiger partial charge in [-0.05, 0) is 53.9 Å². The Hall–Kier alpha value is -2.88. The quantitative estimate of drug-likeness (QED) is 0.741. The summed E-state index contributed by atoms with van der Waals surface area (Å²) in [6, 6.07) is 18.9. The molecule has 30 heavy (non-hydrogen) atoms. The molecule has 2 aromatic carbocycles. The van der Waals surface area contributed by atoms with Gasteiger partial charge in [0, 0.05) is 18.2 Å². The number of likely N-dealkylation sites (tertiary alicyclic amines) is 1. The highest BCUT2D eigenvalue weighted by atomic mass is 16.2. The topological polar surface area (TPSA) is 49.4 Å². The molecule has 4 rings (SSSR count). The number of nitrogens with zero attached hydrogens (tertiary/aromatic N) is 1. The Morgan fingerprint density at radius 1 is 0.967 bits per heavy atom. The van der Waals surface area contributed by atoms with Crippen LogP contribution in [0.3, 0.4) is 0 Å². The number of amides is 2. The van der Waals surface area contributed by atoms with Crippen molar-refractivity contribution in [1.29, 1.82) is 0 Å². The Morgan fingerprint density at radius 2 is 1.60 bits per heavy atom. The van der Waals surface area contributed by atoms with E-state index >= 15 is 0 Å². The molecular formula is C26H30N2O2. The number of carbonyl (C=O) groups is 2. The van der Waals surface area contributed by atoms with Crippen LogP contribution in [0.15, 0.2) is 66.4 Å². The van der Waals surface area contributed by atoms with Gasteiger partial charge in [-0.2, -0.15) is 0 Å². The monoisotopic (exact) mass is 402 g/mol. The number of hydrogen-bond donors (Lipinski definition) is 1. The van der Waals surface area contributed by atoms with Crippen molar-refractivity contribution in [2.24, 2.45) is 10.8 Å². The number of fused-ring (bicyclic) bond motifs is 2. The van der Waals surface area contributed by atoms with Crippen molar-refractivity contribution in [3.8, 4) is 0 Å². The molecule has 1 N–H and O–H groups in total. The van der Waals surface area contributed by atoms with Crippen LogP contribution in [0, 0.1) is 10.8 Å². The third kappa shape index (κ3) is 4.33. The standard InChI is InChI=1S/C26H30N2O2/c1-25(2)15-21-16-26(3,17-25)18-28(21)24(30)22(14-19-10-6-4-7-11-19)27-23(29)20-12-8-5-9-13-20/h4-14,21H,15-18H2,1-3H3,(H,27,29)/b22-14+/t21-,26+/m1/s1. The molecule has 0 radical (unpaired) electrons. The predicted octanol–water partition coefficient (Wildman–Crippen LogP) is 4.88. The number of hydrogen-bond acceptors (Lipinski definition) is 2. The summed E-state index contributed by atoms with van der Waals surface area (Å²) >= 11 is 0. The van der Waals surface area contributed by atoms with E-state index in [0.29, 0.717) is 11.3 Å². The minimum Gasteiger partial charge on any atom is -0.334 e. The fraction of sp³-hybridized carbons (Fsp3) is 0.385. The predicted molar refractivity (Wildman–Crippen MR) is 120 cm³/mol. The van der Waals surface area contributed by atoms with Gasteiger partial charge in [-0.1, -0.05) is 69.3 Å². The van der Waals surface area contributed by atoms with E-state index in [1.807, 2.05) is 53.4 Å². The molecule has 2 bridgehead atoms.